The van der Waals surface area contributed by atoms with Gasteiger partial charge in [0.15, 0.2) is 0 Å². The molecule has 38 heavy (non-hydrogen) atoms. The first-order valence-electron chi connectivity index (χ1n) is 13.8. The highest BCUT2D eigenvalue weighted by Gasteiger charge is 2.54. The molecule has 0 radical (unpaired) electrons. The van der Waals surface area contributed by atoms with E-state index in [1.165, 1.54) is 0 Å². The van der Waals surface area contributed by atoms with E-state index in [4.69, 9.17) is 5.73 Å². The molecular formula is C29H39N5O4. The number of fused-ring (bicyclic) bond motifs is 1. The molecule has 1 saturated carbocycles. The van der Waals surface area contributed by atoms with E-state index in [2.05, 4.69) is 16.7 Å². The van der Waals surface area contributed by atoms with Gasteiger partial charge in [-0.25, -0.2) is 4.79 Å². The number of carboxylic acids is 1. The summed E-state index contributed by atoms with van der Waals surface area (Å²) in [6, 6.07) is 8.86. The highest BCUT2D eigenvalue weighted by atomic mass is 16.4. The van der Waals surface area contributed by atoms with Gasteiger partial charge >= 0.3 is 5.97 Å². The zero-order chi connectivity index (χ0) is 27.4. The number of carboxylic acid groups (broad SMARTS) is 1. The molecule has 2 fully saturated rings. The number of carbonyl (C=O) groups is 3. The molecule has 1 aliphatic heterocycles. The molecule has 5 N–H and O–H groups in total. The van der Waals surface area contributed by atoms with Gasteiger partial charge in [-0.05, 0) is 63.1 Å². The monoisotopic (exact) mass is 521 g/mol. The number of aromatic nitrogens is 1. The third-order valence-electron chi connectivity index (χ3n) is 8.36. The number of rotatable bonds is 9. The fourth-order valence-corrected chi connectivity index (χ4v) is 6.62. The predicted octanol–water partition coefficient (Wildman–Crippen LogP) is 3.31. The number of piperidine rings is 1. The normalized spacial score (nSPS) is 23.2. The van der Waals surface area contributed by atoms with Gasteiger partial charge in [-0.3, -0.25) is 9.59 Å². The van der Waals surface area contributed by atoms with E-state index < -0.39 is 35.2 Å². The molecule has 9 nitrogen and oxygen atoms in total. The fraction of sp³-hybridized carbons (Fsp3) is 0.586. The van der Waals surface area contributed by atoms with Crippen molar-refractivity contribution < 1.29 is 19.5 Å². The number of nitriles is 1. The number of primary amides is 1. The molecule has 0 bridgehead atoms. The summed E-state index contributed by atoms with van der Waals surface area (Å²) in [5.41, 5.74) is 5.80. The number of nitrogens with one attached hydrogen (secondary N) is 2. The van der Waals surface area contributed by atoms with E-state index in [0.29, 0.717) is 49.1 Å². The van der Waals surface area contributed by atoms with E-state index in [0.717, 1.165) is 31.4 Å². The molecule has 1 unspecified atom stereocenters. The average molecular weight is 522 g/mol. The van der Waals surface area contributed by atoms with Crippen LogP contribution in [-0.4, -0.2) is 46.6 Å². The summed E-state index contributed by atoms with van der Waals surface area (Å²) >= 11 is 0. The first kappa shape index (κ1) is 27.6. The van der Waals surface area contributed by atoms with Gasteiger partial charge in [0.1, 0.15) is 11.7 Å². The van der Waals surface area contributed by atoms with Gasteiger partial charge in [0.2, 0.25) is 11.8 Å². The summed E-state index contributed by atoms with van der Waals surface area (Å²) in [4.78, 5) is 40.2. The minimum atomic E-state index is -1.49. The maximum Gasteiger partial charge on any atom is 0.352 e. The highest BCUT2D eigenvalue weighted by Crippen LogP contribution is 2.49. The van der Waals surface area contributed by atoms with Crippen molar-refractivity contribution in [3.8, 4) is 6.07 Å². The summed E-state index contributed by atoms with van der Waals surface area (Å²) in [6.45, 7) is 6.22. The molecule has 9 heteroatoms. The Hall–Kier alpha value is -3.38. The number of para-hydroxylation sites is 1. The summed E-state index contributed by atoms with van der Waals surface area (Å²) < 4.78 is 1.83. The zero-order valence-corrected chi connectivity index (χ0v) is 22.3. The highest BCUT2D eigenvalue weighted by molar-refractivity contribution is 6.06. The second-order valence-electron chi connectivity index (χ2n) is 11.3. The maximum absolute atomic E-state index is 13.8. The predicted molar refractivity (Wildman–Crippen MR) is 144 cm³/mol. The molecule has 1 saturated heterocycles. The quantitative estimate of drug-likeness (QED) is 0.398. The van der Waals surface area contributed by atoms with Crippen LogP contribution >= 0.6 is 0 Å². The van der Waals surface area contributed by atoms with Crippen LogP contribution in [0.1, 0.15) is 74.8 Å². The lowest BCUT2D eigenvalue weighted by Crippen LogP contribution is -2.56. The van der Waals surface area contributed by atoms with Crippen LogP contribution < -0.4 is 16.4 Å². The van der Waals surface area contributed by atoms with Crippen LogP contribution in [0.4, 0.5) is 0 Å². The standard InChI is InChI=1S/C29H39N5O4/c1-18(2)15-20(16-30)33-26(35)22-8-5-6-12-29(22,28(31)38)24-21-7-3-4-9-23(21)34(25(24)27(36)37)17-19-10-13-32-14-11-19/h3-4,7,9,18-20,22,32H,5-6,8,10-15,17H2,1-2H3,(H2,31,38)(H,33,35)(H,36,37)/t20?,22-,29-/m0/s1. The van der Waals surface area contributed by atoms with Crippen LogP contribution in [0.5, 0.6) is 0 Å². The van der Waals surface area contributed by atoms with Crippen molar-refractivity contribution in [3.05, 3.63) is 35.5 Å². The third kappa shape index (κ3) is 5.14. The van der Waals surface area contributed by atoms with Gasteiger partial charge in [0.05, 0.1) is 17.4 Å². The van der Waals surface area contributed by atoms with Crippen LogP contribution in [0, 0.1) is 29.1 Å². The smallest absolute Gasteiger partial charge is 0.352 e. The van der Waals surface area contributed by atoms with Crippen LogP contribution in [-0.2, 0) is 21.5 Å². The van der Waals surface area contributed by atoms with Gasteiger partial charge in [0.25, 0.3) is 0 Å². The van der Waals surface area contributed by atoms with Crippen LogP contribution in [0.2, 0.25) is 0 Å². The van der Waals surface area contributed by atoms with E-state index >= 15 is 0 Å². The van der Waals surface area contributed by atoms with Gasteiger partial charge in [-0.2, -0.15) is 5.26 Å². The maximum atomic E-state index is 13.8. The van der Waals surface area contributed by atoms with Crippen molar-refractivity contribution in [2.75, 3.05) is 13.1 Å². The van der Waals surface area contributed by atoms with E-state index in [-0.39, 0.29) is 18.0 Å². The number of aromatic carboxylic acids is 1. The van der Waals surface area contributed by atoms with Crippen molar-refractivity contribution >= 4 is 28.7 Å². The molecule has 2 aliphatic rings. The van der Waals surface area contributed by atoms with E-state index in [9.17, 15) is 24.8 Å². The lowest BCUT2D eigenvalue weighted by molar-refractivity contribution is -0.137. The minimum Gasteiger partial charge on any atom is -0.477 e. The number of nitrogens with zero attached hydrogens (tertiary/aromatic N) is 2. The van der Waals surface area contributed by atoms with Gasteiger partial charge < -0.3 is 26.0 Å². The number of hydrogen-bond acceptors (Lipinski definition) is 5. The van der Waals surface area contributed by atoms with E-state index in [1.54, 1.807) is 0 Å². The topological polar surface area (TPSA) is 150 Å². The zero-order valence-electron chi connectivity index (χ0n) is 22.3. The fourth-order valence-electron chi connectivity index (χ4n) is 6.62. The molecular weight excluding hydrogens is 482 g/mol. The van der Waals surface area contributed by atoms with Crippen LogP contribution in [0.15, 0.2) is 24.3 Å². The number of hydrogen-bond donors (Lipinski definition) is 4. The Bertz CT molecular complexity index is 1240. The van der Waals surface area contributed by atoms with Gasteiger partial charge in [0, 0.05) is 23.0 Å². The summed E-state index contributed by atoms with van der Waals surface area (Å²) in [5.74, 6) is -2.62. The van der Waals surface area contributed by atoms with Crippen LogP contribution in [0.25, 0.3) is 10.9 Å². The van der Waals surface area contributed by atoms with Crippen molar-refractivity contribution in [2.24, 2.45) is 23.5 Å². The molecule has 1 aromatic carbocycles. The molecule has 3 atom stereocenters. The number of amides is 2. The Kier molecular flexibility index (Phi) is 8.41. The second-order valence-corrected chi connectivity index (χ2v) is 11.3. The lowest BCUT2D eigenvalue weighted by atomic mass is 9.60. The first-order valence-corrected chi connectivity index (χ1v) is 13.8. The average Bonchev–Trinajstić information content (AvgIpc) is 3.23. The largest absolute Gasteiger partial charge is 0.477 e. The lowest BCUT2D eigenvalue weighted by Gasteiger charge is -2.41. The molecule has 204 valence electrons. The van der Waals surface area contributed by atoms with Crippen molar-refractivity contribution in [2.45, 2.75) is 76.8 Å². The Morgan fingerprint density at radius 1 is 1.21 bits per heavy atom. The molecule has 1 aliphatic carbocycles. The Morgan fingerprint density at radius 2 is 1.92 bits per heavy atom. The SMILES string of the molecule is CC(C)CC(C#N)NC(=O)[C@@H]1CCCC[C@@]1(C(N)=O)c1c(C(=O)O)n(CC2CCNCC2)c2ccccc12. The van der Waals surface area contributed by atoms with Crippen molar-refractivity contribution in [1.82, 2.24) is 15.2 Å². The first-order chi connectivity index (χ1) is 18.2. The number of carbonyl (C=O) groups excluding carboxylic acids is 2. The Labute approximate surface area is 223 Å². The summed E-state index contributed by atoms with van der Waals surface area (Å²) in [6.07, 6.45) is 4.37. The van der Waals surface area contributed by atoms with E-state index in [1.807, 2.05) is 42.7 Å². The summed E-state index contributed by atoms with van der Waals surface area (Å²) in [5, 5.41) is 27.1. The summed E-state index contributed by atoms with van der Waals surface area (Å²) in [7, 11) is 0. The molecule has 2 heterocycles. The minimum absolute atomic E-state index is 0.0437. The van der Waals surface area contributed by atoms with Gasteiger partial charge in [-0.1, -0.05) is 44.9 Å². The number of nitrogens with two attached hydrogens (primary N) is 1. The molecule has 2 amide bonds. The van der Waals surface area contributed by atoms with Crippen molar-refractivity contribution in [1.29, 1.82) is 5.26 Å². The molecule has 2 aromatic rings. The molecule has 0 spiro atoms. The van der Waals surface area contributed by atoms with Crippen molar-refractivity contribution in [3.63, 3.8) is 0 Å². The Balaban J connectivity index is 1.89. The Morgan fingerprint density at radius 3 is 2.55 bits per heavy atom. The third-order valence-corrected chi connectivity index (χ3v) is 8.36. The second kappa shape index (κ2) is 11.6. The molecule has 1 aromatic heterocycles. The molecule has 4 rings (SSSR count). The van der Waals surface area contributed by atoms with Gasteiger partial charge in [-0.15, -0.1) is 0 Å². The number of benzene rings is 1. The van der Waals surface area contributed by atoms with Crippen LogP contribution in [0.3, 0.4) is 0 Å².